The molecule has 18 heavy (non-hydrogen) atoms. The molecule has 0 bridgehead atoms. The maximum atomic E-state index is 9.43. The average Bonchev–Trinajstić information content (AvgIpc) is 2.68. The van der Waals surface area contributed by atoms with Crippen LogP contribution in [0.4, 0.5) is 0 Å². The number of aromatic hydroxyl groups is 1. The molecule has 1 unspecified atom stereocenters. The summed E-state index contributed by atoms with van der Waals surface area (Å²) in [6.45, 7) is 1.82. The van der Waals surface area contributed by atoms with Gasteiger partial charge in [0.2, 0.25) is 0 Å². The summed E-state index contributed by atoms with van der Waals surface area (Å²) in [5, 5.41) is 22.1. The van der Waals surface area contributed by atoms with Crippen LogP contribution in [-0.4, -0.2) is 43.8 Å². The minimum absolute atomic E-state index is 0.149. The smallest absolute Gasteiger partial charge is 0.170 e. The second-order valence-electron chi connectivity index (χ2n) is 4.72. The molecule has 1 atom stereocenters. The third kappa shape index (κ3) is 2.26. The van der Waals surface area contributed by atoms with Crippen molar-refractivity contribution in [2.75, 3.05) is 33.8 Å². The number of hydrogen-bond donors (Lipinski definition) is 2. The molecule has 0 saturated heterocycles. The van der Waals surface area contributed by atoms with Gasteiger partial charge in [0, 0.05) is 24.7 Å². The van der Waals surface area contributed by atoms with Crippen LogP contribution in [-0.2, 0) is 5.54 Å². The number of hydrogen-bond acceptors (Lipinski definition) is 5. The van der Waals surface area contributed by atoms with Gasteiger partial charge in [0.1, 0.15) is 18.1 Å². The van der Waals surface area contributed by atoms with E-state index in [1.54, 1.807) is 18.2 Å². The van der Waals surface area contributed by atoms with Crippen LogP contribution in [0.25, 0.3) is 0 Å². The molecule has 0 spiro atoms. The van der Waals surface area contributed by atoms with Crippen molar-refractivity contribution in [3.63, 3.8) is 0 Å². The standard InChI is InChI=1S/C13H17N3O2/c1-16(2)6-5-15-13(8-14)9-18-12-7-10(17)3-4-11(12)13/h3-4,7,15,17H,5-6,9H2,1-2H3. The number of nitrogens with zero attached hydrogens (tertiary/aromatic N) is 2. The molecule has 5 nitrogen and oxygen atoms in total. The van der Waals surface area contributed by atoms with Gasteiger partial charge in [-0.2, -0.15) is 5.26 Å². The molecule has 0 aliphatic carbocycles. The largest absolute Gasteiger partial charge is 0.508 e. The van der Waals surface area contributed by atoms with Gasteiger partial charge in [0.15, 0.2) is 5.54 Å². The van der Waals surface area contributed by atoms with E-state index in [9.17, 15) is 10.4 Å². The van der Waals surface area contributed by atoms with E-state index in [1.807, 2.05) is 19.0 Å². The van der Waals surface area contributed by atoms with Gasteiger partial charge in [-0.15, -0.1) is 0 Å². The summed E-state index contributed by atoms with van der Waals surface area (Å²) >= 11 is 0. The lowest BCUT2D eigenvalue weighted by molar-refractivity contribution is 0.263. The van der Waals surface area contributed by atoms with Crippen LogP contribution >= 0.6 is 0 Å². The Labute approximate surface area is 107 Å². The Balaban J connectivity index is 2.19. The summed E-state index contributed by atoms with van der Waals surface area (Å²) in [5.41, 5.74) is -0.0134. The molecule has 2 N–H and O–H groups in total. The molecule has 0 saturated carbocycles. The van der Waals surface area contributed by atoms with Crippen LogP contribution in [0, 0.1) is 11.3 Å². The highest BCUT2D eigenvalue weighted by Crippen LogP contribution is 2.38. The lowest BCUT2D eigenvalue weighted by atomic mass is 9.93. The Hall–Kier alpha value is -1.77. The molecule has 1 aromatic rings. The summed E-state index contributed by atoms with van der Waals surface area (Å²) in [5.74, 6) is 0.727. The maximum Gasteiger partial charge on any atom is 0.170 e. The SMILES string of the molecule is CN(C)CCNC1(C#N)COc2cc(O)ccc21. The fraction of sp³-hybridized carbons (Fsp3) is 0.462. The van der Waals surface area contributed by atoms with Crippen molar-refractivity contribution in [2.24, 2.45) is 0 Å². The molecular weight excluding hydrogens is 230 g/mol. The predicted molar refractivity (Wildman–Crippen MR) is 67.4 cm³/mol. The van der Waals surface area contributed by atoms with Gasteiger partial charge in [-0.1, -0.05) is 0 Å². The number of ether oxygens (including phenoxy) is 1. The number of nitriles is 1. The van der Waals surface area contributed by atoms with Gasteiger partial charge in [-0.05, 0) is 26.2 Å². The van der Waals surface area contributed by atoms with Crippen LogP contribution in [0.5, 0.6) is 11.5 Å². The van der Waals surface area contributed by atoms with E-state index in [0.717, 1.165) is 12.1 Å². The third-order valence-electron chi connectivity index (χ3n) is 3.05. The zero-order chi connectivity index (χ0) is 13.2. The van der Waals surface area contributed by atoms with Crippen molar-refractivity contribution in [3.05, 3.63) is 23.8 Å². The van der Waals surface area contributed by atoms with E-state index >= 15 is 0 Å². The molecule has 96 valence electrons. The van der Waals surface area contributed by atoms with E-state index in [0.29, 0.717) is 12.3 Å². The topological polar surface area (TPSA) is 68.5 Å². The molecule has 0 aromatic heterocycles. The van der Waals surface area contributed by atoms with Crippen molar-refractivity contribution >= 4 is 0 Å². The number of fused-ring (bicyclic) bond motifs is 1. The summed E-state index contributed by atoms with van der Waals surface area (Å²) in [4.78, 5) is 2.05. The predicted octanol–water partition coefficient (Wildman–Crippen LogP) is 0.655. The zero-order valence-corrected chi connectivity index (χ0v) is 10.6. The first-order valence-corrected chi connectivity index (χ1v) is 5.85. The van der Waals surface area contributed by atoms with Gasteiger partial charge in [-0.25, -0.2) is 0 Å². The molecule has 1 heterocycles. The molecule has 0 radical (unpaired) electrons. The van der Waals surface area contributed by atoms with E-state index in [4.69, 9.17) is 4.74 Å². The summed E-state index contributed by atoms with van der Waals surface area (Å²) in [7, 11) is 3.97. The van der Waals surface area contributed by atoms with E-state index in [2.05, 4.69) is 11.4 Å². The fourth-order valence-electron chi connectivity index (χ4n) is 2.02. The molecular formula is C13H17N3O2. The van der Waals surface area contributed by atoms with E-state index < -0.39 is 5.54 Å². The fourth-order valence-corrected chi connectivity index (χ4v) is 2.02. The molecule has 2 rings (SSSR count). The van der Waals surface area contributed by atoms with Crippen molar-refractivity contribution in [2.45, 2.75) is 5.54 Å². The lowest BCUT2D eigenvalue weighted by Crippen LogP contribution is -2.45. The minimum Gasteiger partial charge on any atom is -0.508 e. The Morgan fingerprint density at radius 2 is 2.33 bits per heavy atom. The van der Waals surface area contributed by atoms with Crippen LogP contribution in [0.15, 0.2) is 18.2 Å². The number of nitrogens with one attached hydrogen (secondary N) is 1. The number of phenols is 1. The molecule has 1 aliphatic heterocycles. The Morgan fingerprint density at radius 3 is 3.00 bits per heavy atom. The third-order valence-corrected chi connectivity index (χ3v) is 3.05. The van der Waals surface area contributed by atoms with Crippen molar-refractivity contribution in [1.82, 2.24) is 10.2 Å². The Morgan fingerprint density at radius 1 is 1.56 bits per heavy atom. The molecule has 0 fully saturated rings. The van der Waals surface area contributed by atoms with Crippen LogP contribution < -0.4 is 10.1 Å². The summed E-state index contributed by atoms with van der Waals surface area (Å²) in [6, 6.07) is 7.15. The van der Waals surface area contributed by atoms with E-state index in [1.165, 1.54) is 0 Å². The number of benzene rings is 1. The minimum atomic E-state index is -0.807. The second kappa shape index (κ2) is 4.84. The number of rotatable bonds is 4. The Kier molecular flexibility index (Phi) is 3.41. The van der Waals surface area contributed by atoms with Gasteiger partial charge in [0.05, 0.1) is 6.07 Å². The van der Waals surface area contributed by atoms with Crippen molar-refractivity contribution in [3.8, 4) is 17.6 Å². The van der Waals surface area contributed by atoms with Gasteiger partial charge in [0.25, 0.3) is 0 Å². The second-order valence-corrected chi connectivity index (χ2v) is 4.72. The Bertz CT molecular complexity index is 482. The van der Waals surface area contributed by atoms with Gasteiger partial charge in [-0.3, -0.25) is 5.32 Å². The molecule has 0 amide bonds. The zero-order valence-electron chi connectivity index (χ0n) is 10.6. The lowest BCUT2D eigenvalue weighted by Gasteiger charge is -2.22. The quantitative estimate of drug-likeness (QED) is 0.818. The highest BCUT2D eigenvalue weighted by atomic mass is 16.5. The monoisotopic (exact) mass is 247 g/mol. The molecule has 5 heteroatoms. The first-order valence-electron chi connectivity index (χ1n) is 5.85. The highest BCUT2D eigenvalue weighted by molar-refractivity contribution is 5.50. The first-order chi connectivity index (χ1) is 8.57. The van der Waals surface area contributed by atoms with E-state index in [-0.39, 0.29) is 12.4 Å². The summed E-state index contributed by atoms with van der Waals surface area (Å²) in [6.07, 6.45) is 0. The average molecular weight is 247 g/mol. The van der Waals surface area contributed by atoms with Crippen LogP contribution in [0.2, 0.25) is 0 Å². The first kappa shape index (κ1) is 12.7. The van der Waals surface area contributed by atoms with Crippen molar-refractivity contribution < 1.29 is 9.84 Å². The highest BCUT2D eigenvalue weighted by Gasteiger charge is 2.40. The van der Waals surface area contributed by atoms with Crippen LogP contribution in [0.1, 0.15) is 5.56 Å². The van der Waals surface area contributed by atoms with Crippen molar-refractivity contribution in [1.29, 1.82) is 5.26 Å². The normalized spacial score (nSPS) is 21.4. The van der Waals surface area contributed by atoms with Gasteiger partial charge < -0.3 is 14.7 Å². The number of phenolic OH excluding ortho intramolecular Hbond substituents is 1. The summed E-state index contributed by atoms with van der Waals surface area (Å²) < 4.78 is 5.49. The molecule has 1 aromatic carbocycles. The maximum absolute atomic E-state index is 9.43. The number of likely N-dealkylation sites (N-methyl/N-ethyl adjacent to an activating group) is 1. The van der Waals surface area contributed by atoms with Gasteiger partial charge >= 0.3 is 0 Å². The van der Waals surface area contributed by atoms with Crippen LogP contribution in [0.3, 0.4) is 0 Å². The molecule has 1 aliphatic rings.